The van der Waals surface area contributed by atoms with Crippen LogP contribution in [0.15, 0.2) is 40.6 Å². The molecule has 1 heterocycles. The summed E-state index contributed by atoms with van der Waals surface area (Å²) in [7, 11) is -1.80. The number of nitrogens with one attached hydrogen (secondary N) is 2. The maximum absolute atomic E-state index is 12.7. The largest absolute Gasteiger partial charge is 0.387 e. The molecular weight excluding hydrogens is 304 g/mol. The highest BCUT2D eigenvalue weighted by atomic mass is 32.2. The van der Waals surface area contributed by atoms with Crippen LogP contribution in [-0.4, -0.2) is 15.5 Å². The summed E-state index contributed by atoms with van der Waals surface area (Å²) < 4.78 is 28.2. The Morgan fingerprint density at radius 1 is 1.24 bits per heavy atom. The average Bonchev–Trinajstić information content (AvgIpc) is 2.96. The Bertz CT molecular complexity index is 738. The first-order valence-electron chi connectivity index (χ1n) is 6.97. The molecule has 1 aliphatic carbocycles. The fraction of sp³-hybridized carbons (Fsp3) is 0.333. The zero-order chi connectivity index (χ0) is 14.9. The van der Waals surface area contributed by atoms with Gasteiger partial charge in [-0.05, 0) is 48.4 Å². The first kappa shape index (κ1) is 14.6. The molecule has 1 aliphatic rings. The van der Waals surface area contributed by atoms with Crippen LogP contribution in [0.1, 0.15) is 29.3 Å². The molecule has 0 bridgehead atoms. The molecule has 112 valence electrons. The second-order valence-corrected chi connectivity index (χ2v) is 7.79. The molecule has 0 aliphatic heterocycles. The molecule has 3 rings (SSSR count). The van der Waals surface area contributed by atoms with Crippen molar-refractivity contribution in [1.82, 2.24) is 4.72 Å². The van der Waals surface area contributed by atoms with Gasteiger partial charge >= 0.3 is 0 Å². The molecule has 0 amide bonds. The molecule has 0 spiro atoms. The molecule has 2 N–H and O–H groups in total. The third kappa shape index (κ3) is 2.84. The topological polar surface area (TPSA) is 58.2 Å². The molecular formula is C15H18N2O2S2. The zero-order valence-corrected chi connectivity index (χ0v) is 13.4. The quantitative estimate of drug-likeness (QED) is 0.909. The van der Waals surface area contributed by atoms with E-state index in [0.717, 1.165) is 24.8 Å². The van der Waals surface area contributed by atoms with Crippen molar-refractivity contribution in [3.8, 4) is 0 Å². The number of hydrogen-bond acceptors (Lipinski definition) is 4. The fourth-order valence-electron chi connectivity index (χ4n) is 2.77. The van der Waals surface area contributed by atoms with E-state index in [2.05, 4.69) is 10.0 Å². The second kappa shape index (κ2) is 5.79. The molecule has 21 heavy (non-hydrogen) atoms. The first-order valence-corrected chi connectivity index (χ1v) is 9.33. The van der Waals surface area contributed by atoms with E-state index in [4.69, 9.17) is 0 Å². The van der Waals surface area contributed by atoms with E-state index in [1.165, 1.54) is 4.88 Å². The van der Waals surface area contributed by atoms with Crippen molar-refractivity contribution in [3.63, 3.8) is 0 Å². The van der Waals surface area contributed by atoms with Gasteiger partial charge in [0.05, 0.1) is 5.69 Å². The Labute approximate surface area is 129 Å². The van der Waals surface area contributed by atoms with Crippen LogP contribution in [-0.2, 0) is 16.4 Å². The van der Waals surface area contributed by atoms with Crippen LogP contribution in [0.4, 0.5) is 5.69 Å². The van der Waals surface area contributed by atoms with E-state index in [1.807, 2.05) is 17.5 Å². The molecule has 0 fully saturated rings. The summed E-state index contributed by atoms with van der Waals surface area (Å²) in [4.78, 5) is 1.60. The number of hydrogen-bond donors (Lipinski definition) is 2. The highest BCUT2D eigenvalue weighted by Crippen LogP contribution is 2.34. The number of thiophene rings is 1. The minimum Gasteiger partial charge on any atom is -0.387 e. The third-order valence-corrected chi connectivity index (χ3v) is 6.32. The Kier molecular flexibility index (Phi) is 4.01. The summed E-state index contributed by atoms with van der Waals surface area (Å²) in [6, 6.07) is 8.89. The summed E-state index contributed by atoms with van der Waals surface area (Å²) in [6.07, 6.45) is 2.93. The van der Waals surface area contributed by atoms with Gasteiger partial charge < -0.3 is 5.32 Å². The van der Waals surface area contributed by atoms with Crippen LogP contribution in [0, 0.1) is 0 Å². The lowest BCUT2D eigenvalue weighted by atomic mass is 9.95. The van der Waals surface area contributed by atoms with Gasteiger partial charge in [-0.25, -0.2) is 13.1 Å². The van der Waals surface area contributed by atoms with Gasteiger partial charge in [-0.15, -0.1) is 11.3 Å². The Morgan fingerprint density at radius 3 is 2.86 bits per heavy atom. The molecule has 0 saturated carbocycles. The molecule has 1 aromatic carbocycles. The zero-order valence-electron chi connectivity index (χ0n) is 11.8. The Hall–Kier alpha value is -1.37. The summed E-state index contributed by atoms with van der Waals surface area (Å²) in [5, 5.41) is 4.98. The second-order valence-electron chi connectivity index (χ2n) is 5.11. The third-order valence-electron chi connectivity index (χ3n) is 3.80. The molecule has 6 heteroatoms. The van der Waals surface area contributed by atoms with E-state index < -0.39 is 10.0 Å². The molecule has 2 aromatic rings. The van der Waals surface area contributed by atoms with Crippen LogP contribution in [0.25, 0.3) is 0 Å². The Morgan fingerprint density at radius 2 is 2.05 bits per heavy atom. The van der Waals surface area contributed by atoms with Crippen LogP contribution in [0.5, 0.6) is 0 Å². The highest BCUT2D eigenvalue weighted by molar-refractivity contribution is 7.89. The summed E-state index contributed by atoms with van der Waals surface area (Å²) >= 11 is 1.71. The highest BCUT2D eigenvalue weighted by Gasteiger charge is 2.27. The normalized spacial score (nSPS) is 18.2. The van der Waals surface area contributed by atoms with E-state index in [-0.39, 0.29) is 6.04 Å². The van der Waals surface area contributed by atoms with Crippen molar-refractivity contribution in [2.45, 2.75) is 30.2 Å². The predicted octanol–water partition coefficient (Wildman–Crippen LogP) is 3.15. The van der Waals surface area contributed by atoms with Crippen molar-refractivity contribution in [3.05, 3.63) is 46.2 Å². The lowest BCUT2D eigenvalue weighted by Gasteiger charge is -2.24. The predicted molar refractivity (Wildman–Crippen MR) is 86.3 cm³/mol. The van der Waals surface area contributed by atoms with Crippen molar-refractivity contribution < 1.29 is 8.42 Å². The van der Waals surface area contributed by atoms with Crippen molar-refractivity contribution in [1.29, 1.82) is 0 Å². The van der Waals surface area contributed by atoms with E-state index in [0.29, 0.717) is 10.6 Å². The first-order chi connectivity index (χ1) is 10.1. The van der Waals surface area contributed by atoms with Gasteiger partial charge in [-0.2, -0.15) is 0 Å². The van der Waals surface area contributed by atoms with E-state index in [1.54, 1.807) is 36.6 Å². The number of para-hydroxylation sites is 1. The number of fused-ring (bicyclic) bond motifs is 1. The van der Waals surface area contributed by atoms with Crippen LogP contribution < -0.4 is 10.0 Å². The standard InChI is InChI=1S/C15H18N2O2S2/c1-16-13-5-2-3-8-15(13)21(18,19)17-12-6-4-7-14-11(12)9-10-20-14/h2-3,5,8-10,12,16-17H,4,6-7H2,1H3. The summed E-state index contributed by atoms with van der Waals surface area (Å²) in [6.45, 7) is 0. The summed E-state index contributed by atoms with van der Waals surface area (Å²) in [5.41, 5.74) is 1.75. The number of anilines is 1. The molecule has 1 unspecified atom stereocenters. The van der Waals surface area contributed by atoms with Gasteiger partial charge in [0.2, 0.25) is 10.0 Å². The maximum atomic E-state index is 12.7. The lowest BCUT2D eigenvalue weighted by Crippen LogP contribution is -2.30. The van der Waals surface area contributed by atoms with Crippen LogP contribution in [0.3, 0.4) is 0 Å². The average molecular weight is 322 g/mol. The van der Waals surface area contributed by atoms with Crippen LogP contribution in [0.2, 0.25) is 0 Å². The molecule has 1 aromatic heterocycles. The minimum absolute atomic E-state index is 0.116. The SMILES string of the molecule is CNc1ccccc1S(=O)(=O)NC1CCCc2sccc21. The minimum atomic E-state index is -3.53. The number of sulfonamides is 1. The van der Waals surface area contributed by atoms with Gasteiger partial charge in [0.25, 0.3) is 0 Å². The smallest absolute Gasteiger partial charge is 0.243 e. The maximum Gasteiger partial charge on any atom is 0.243 e. The molecule has 1 atom stereocenters. The Balaban J connectivity index is 1.91. The number of aryl methyl sites for hydroxylation is 1. The summed E-state index contributed by atoms with van der Waals surface area (Å²) in [5.74, 6) is 0. The van der Waals surface area contributed by atoms with Crippen LogP contribution >= 0.6 is 11.3 Å². The van der Waals surface area contributed by atoms with E-state index in [9.17, 15) is 8.42 Å². The fourth-order valence-corrected chi connectivity index (χ4v) is 5.22. The monoisotopic (exact) mass is 322 g/mol. The molecule has 0 saturated heterocycles. The number of benzene rings is 1. The van der Waals surface area contributed by atoms with Crippen molar-refractivity contribution in [2.24, 2.45) is 0 Å². The van der Waals surface area contributed by atoms with E-state index >= 15 is 0 Å². The molecule has 4 nitrogen and oxygen atoms in total. The van der Waals surface area contributed by atoms with Gasteiger partial charge in [0, 0.05) is 18.0 Å². The van der Waals surface area contributed by atoms with Gasteiger partial charge in [-0.3, -0.25) is 0 Å². The number of rotatable bonds is 4. The van der Waals surface area contributed by atoms with Gasteiger partial charge in [0.15, 0.2) is 0 Å². The van der Waals surface area contributed by atoms with Crippen molar-refractivity contribution >= 4 is 27.0 Å². The van der Waals surface area contributed by atoms with Crippen molar-refractivity contribution in [2.75, 3.05) is 12.4 Å². The molecule has 0 radical (unpaired) electrons. The lowest BCUT2D eigenvalue weighted by molar-refractivity contribution is 0.511. The van der Waals surface area contributed by atoms with Gasteiger partial charge in [0.1, 0.15) is 4.90 Å². The van der Waals surface area contributed by atoms with Gasteiger partial charge in [-0.1, -0.05) is 12.1 Å².